The summed E-state index contributed by atoms with van der Waals surface area (Å²) < 4.78 is 2.33. The van der Waals surface area contributed by atoms with Crippen LogP contribution in [0.3, 0.4) is 0 Å². The Hall–Kier alpha value is -1.36. The van der Waals surface area contributed by atoms with Gasteiger partial charge in [-0.3, -0.25) is 0 Å². The first-order chi connectivity index (χ1) is 10.1. The fourth-order valence-corrected chi connectivity index (χ4v) is 4.48. The van der Waals surface area contributed by atoms with Gasteiger partial charge in [0.25, 0.3) is 0 Å². The van der Waals surface area contributed by atoms with Gasteiger partial charge in [0.05, 0.1) is 10.2 Å². The van der Waals surface area contributed by atoms with E-state index in [0.717, 1.165) is 15.6 Å². The van der Waals surface area contributed by atoms with Crippen molar-refractivity contribution in [3.05, 3.63) is 59.2 Å². The molecule has 0 spiro atoms. The molecule has 21 heavy (non-hydrogen) atoms. The summed E-state index contributed by atoms with van der Waals surface area (Å²) >= 11 is 3.48. The Bertz CT molecular complexity index is 711. The van der Waals surface area contributed by atoms with Crippen molar-refractivity contribution in [3.63, 3.8) is 0 Å². The normalized spacial score (nSPS) is 12.7. The summed E-state index contributed by atoms with van der Waals surface area (Å²) in [5, 5.41) is 0. The second-order valence-corrected chi connectivity index (χ2v) is 7.58. The van der Waals surface area contributed by atoms with E-state index >= 15 is 0 Å². The van der Waals surface area contributed by atoms with Gasteiger partial charge in [0.2, 0.25) is 0 Å². The van der Waals surface area contributed by atoms with Crippen molar-refractivity contribution in [1.82, 2.24) is 4.98 Å². The number of hydrogen-bond acceptors (Lipinski definition) is 4. The zero-order chi connectivity index (χ0) is 14.8. The summed E-state index contributed by atoms with van der Waals surface area (Å²) in [4.78, 5) is 4.64. The molecule has 3 rings (SSSR count). The molecule has 1 atom stereocenters. The Balaban J connectivity index is 1.71. The molecule has 4 heteroatoms. The van der Waals surface area contributed by atoms with Crippen LogP contribution in [0.15, 0.2) is 46.8 Å². The lowest BCUT2D eigenvalue weighted by molar-refractivity contribution is 0.828. The number of benzene rings is 2. The molecule has 0 amide bonds. The van der Waals surface area contributed by atoms with Gasteiger partial charge >= 0.3 is 0 Å². The summed E-state index contributed by atoms with van der Waals surface area (Å²) in [6.07, 6.45) is 0. The van der Waals surface area contributed by atoms with Crippen LogP contribution in [0.25, 0.3) is 10.2 Å². The largest absolute Gasteiger partial charge is 0.323 e. The predicted octanol–water partition coefficient (Wildman–Crippen LogP) is 4.71. The van der Waals surface area contributed by atoms with Gasteiger partial charge in [-0.1, -0.05) is 53.2 Å². The number of thioether (sulfide) groups is 1. The van der Waals surface area contributed by atoms with E-state index in [2.05, 4.69) is 55.2 Å². The summed E-state index contributed by atoms with van der Waals surface area (Å²) in [6, 6.07) is 14.8. The van der Waals surface area contributed by atoms with Crippen LogP contribution in [0.2, 0.25) is 0 Å². The minimum atomic E-state index is 0.0422. The predicted molar refractivity (Wildman–Crippen MR) is 93.2 cm³/mol. The third-order valence-electron chi connectivity index (χ3n) is 3.33. The maximum absolute atomic E-state index is 6.33. The van der Waals surface area contributed by atoms with Crippen LogP contribution < -0.4 is 5.73 Å². The Morgan fingerprint density at radius 2 is 1.86 bits per heavy atom. The SMILES string of the molecule is Cc1cc(C)cc(C(N)CSc2nc3ccccc3s2)c1. The fourth-order valence-electron chi connectivity index (χ4n) is 2.39. The van der Waals surface area contributed by atoms with Crippen LogP contribution in [0.5, 0.6) is 0 Å². The fraction of sp³-hybridized carbons (Fsp3) is 0.235. The molecule has 2 aromatic carbocycles. The molecule has 2 N–H and O–H groups in total. The van der Waals surface area contributed by atoms with Gasteiger partial charge in [0, 0.05) is 11.8 Å². The molecule has 0 fully saturated rings. The smallest absolute Gasteiger partial charge is 0.151 e. The van der Waals surface area contributed by atoms with E-state index in [4.69, 9.17) is 5.73 Å². The summed E-state index contributed by atoms with van der Waals surface area (Å²) in [6.45, 7) is 4.23. The van der Waals surface area contributed by atoms with Crippen LogP contribution >= 0.6 is 23.1 Å². The molecule has 0 aliphatic rings. The zero-order valence-electron chi connectivity index (χ0n) is 12.2. The lowest BCUT2D eigenvalue weighted by atomic mass is 10.0. The lowest BCUT2D eigenvalue weighted by Crippen LogP contribution is -2.13. The molecule has 0 saturated heterocycles. The minimum Gasteiger partial charge on any atom is -0.323 e. The average molecular weight is 314 g/mol. The Kier molecular flexibility index (Phi) is 4.29. The number of hydrogen-bond donors (Lipinski definition) is 1. The highest BCUT2D eigenvalue weighted by Gasteiger charge is 2.10. The second-order valence-electron chi connectivity index (χ2n) is 5.29. The Morgan fingerprint density at radius 3 is 2.57 bits per heavy atom. The first kappa shape index (κ1) is 14.6. The van der Waals surface area contributed by atoms with E-state index in [1.807, 2.05) is 6.07 Å². The molecule has 3 aromatic rings. The van der Waals surface area contributed by atoms with E-state index in [1.54, 1.807) is 23.1 Å². The summed E-state index contributed by atoms with van der Waals surface area (Å²) in [7, 11) is 0. The van der Waals surface area contributed by atoms with Crippen LogP contribution in [0.1, 0.15) is 22.7 Å². The van der Waals surface area contributed by atoms with Crippen LogP contribution in [0, 0.1) is 13.8 Å². The third-order valence-corrected chi connectivity index (χ3v) is 5.63. The number of nitrogens with two attached hydrogens (primary N) is 1. The van der Waals surface area contributed by atoms with Crippen molar-refractivity contribution < 1.29 is 0 Å². The number of nitrogens with zero attached hydrogens (tertiary/aromatic N) is 1. The van der Waals surface area contributed by atoms with Crippen molar-refractivity contribution in [2.75, 3.05) is 5.75 Å². The number of rotatable bonds is 4. The average Bonchev–Trinajstić information content (AvgIpc) is 2.86. The topological polar surface area (TPSA) is 38.9 Å². The van der Waals surface area contributed by atoms with Gasteiger partial charge in [-0.2, -0.15) is 0 Å². The maximum Gasteiger partial charge on any atom is 0.151 e. The third kappa shape index (κ3) is 3.46. The van der Waals surface area contributed by atoms with Crippen LogP contribution in [-0.2, 0) is 0 Å². The van der Waals surface area contributed by atoms with Crippen molar-refractivity contribution >= 4 is 33.3 Å². The molecule has 0 radical (unpaired) electrons. The molecule has 1 unspecified atom stereocenters. The van der Waals surface area contributed by atoms with Crippen LogP contribution in [-0.4, -0.2) is 10.7 Å². The summed E-state index contributed by atoms with van der Waals surface area (Å²) in [5.41, 5.74) is 11.2. The summed E-state index contributed by atoms with van der Waals surface area (Å²) in [5.74, 6) is 0.850. The molecule has 0 bridgehead atoms. The molecular weight excluding hydrogens is 296 g/mol. The quantitative estimate of drug-likeness (QED) is 0.709. The second kappa shape index (κ2) is 6.18. The Morgan fingerprint density at radius 1 is 1.14 bits per heavy atom. The molecule has 1 aromatic heterocycles. The van der Waals surface area contributed by atoms with Crippen molar-refractivity contribution in [2.45, 2.75) is 24.2 Å². The van der Waals surface area contributed by atoms with Gasteiger partial charge in [-0.25, -0.2) is 4.98 Å². The van der Waals surface area contributed by atoms with Gasteiger partial charge in [-0.05, 0) is 31.5 Å². The molecule has 0 saturated carbocycles. The van der Waals surface area contributed by atoms with Crippen molar-refractivity contribution in [2.24, 2.45) is 5.73 Å². The van der Waals surface area contributed by atoms with E-state index in [9.17, 15) is 0 Å². The number of fused-ring (bicyclic) bond motifs is 1. The van der Waals surface area contributed by atoms with Gasteiger partial charge in [0.1, 0.15) is 0 Å². The lowest BCUT2D eigenvalue weighted by Gasteiger charge is -2.12. The van der Waals surface area contributed by atoms with E-state index < -0.39 is 0 Å². The number of aromatic nitrogens is 1. The highest BCUT2D eigenvalue weighted by Crippen LogP contribution is 2.31. The molecule has 1 heterocycles. The zero-order valence-corrected chi connectivity index (χ0v) is 13.8. The minimum absolute atomic E-state index is 0.0422. The van der Waals surface area contributed by atoms with E-state index in [1.165, 1.54) is 21.4 Å². The highest BCUT2D eigenvalue weighted by molar-refractivity contribution is 8.01. The first-order valence-corrected chi connectivity index (χ1v) is 8.74. The van der Waals surface area contributed by atoms with E-state index in [0.29, 0.717) is 0 Å². The molecular formula is C17H18N2S2. The highest BCUT2D eigenvalue weighted by atomic mass is 32.2. The molecule has 2 nitrogen and oxygen atoms in total. The van der Waals surface area contributed by atoms with E-state index in [-0.39, 0.29) is 6.04 Å². The number of aryl methyl sites for hydroxylation is 2. The van der Waals surface area contributed by atoms with Crippen molar-refractivity contribution in [3.8, 4) is 0 Å². The monoisotopic (exact) mass is 314 g/mol. The number of para-hydroxylation sites is 1. The number of thiazole rings is 1. The molecule has 108 valence electrons. The molecule has 0 aliphatic carbocycles. The Labute approximate surface area is 133 Å². The first-order valence-electron chi connectivity index (χ1n) is 6.94. The van der Waals surface area contributed by atoms with Crippen LogP contribution in [0.4, 0.5) is 0 Å². The maximum atomic E-state index is 6.33. The van der Waals surface area contributed by atoms with Crippen molar-refractivity contribution in [1.29, 1.82) is 0 Å². The standard InChI is InChI=1S/C17H18N2S2/c1-11-7-12(2)9-13(8-11)14(18)10-20-17-19-15-5-3-4-6-16(15)21-17/h3-9,14H,10,18H2,1-2H3. The van der Waals surface area contributed by atoms with Gasteiger partial charge < -0.3 is 5.73 Å². The molecule has 0 aliphatic heterocycles. The van der Waals surface area contributed by atoms with Gasteiger partial charge in [-0.15, -0.1) is 11.3 Å². The van der Waals surface area contributed by atoms with Gasteiger partial charge in [0.15, 0.2) is 4.34 Å².